The lowest BCUT2D eigenvalue weighted by Crippen LogP contribution is -2.27. The Labute approximate surface area is 189 Å². The molecule has 0 amide bonds. The molecule has 1 atom stereocenters. The molecule has 2 aromatic rings. The average molecular weight is 455 g/mol. The Hall–Kier alpha value is -3.50. The van der Waals surface area contributed by atoms with Gasteiger partial charge in [-0.05, 0) is 30.2 Å². The molecule has 0 saturated carbocycles. The molecule has 0 saturated heterocycles. The van der Waals surface area contributed by atoms with Crippen LogP contribution in [0, 0.1) is 17.1 Å². The van der Waals surface area contributed by atoms with Crippen LogP contribution in [0.4, 0.5) is 4.39 Å². The van der Waals surface area contributed by atoms with Crippen LogP contribution in [0.2, 0.25) is 5.02 Å². The highest BCUT2D eigenvalue weighted by Gasteiger charge is 2.38. The highest BCUT2D eigenvalue weighted by molar-refractivity contribution is 6.32. The summed E-state index contributed by atoms with van der Waals surface area (Å²) in [5, 5.41) is 9.93. The average Bonchev–Trinajstić information content (AvgIpc) is 2.78. The molecule has 0 bridgehead atoms. The number of nitrogens with two attached hydrogens (primary N) is 1. The van der Waals surface area contributed by atoms with E-state index in [4.69, 9.17) is 31.5 Å². The number of carbonyl (C=O) groups excluding carboxylic acids is 1. The maximum atomic E-state index is 14.0. The third kappa shape index (κ3) is 3.90. The molecule has 1 aliphatic heterocycles. The van der Waals surface area contributed by atoms with Crippen molar-refractivity contribution in [2.24, 2.45) is 5.73 Å². The van der Waals surface area contributed by atoms with Crippen molar-refractivity contribution in [1.29, 1.82) is 5.26 Å². The largest absolute Gasteiger partial charge is 0.493 e. The molecule has 32 heavy (non-hydrogen) atoms. The van der Waals surface area contributed by atoms with Gasteiger partial charge in [-0.2, -0.15) is 5.26 Å². The van der Waals surface area contributed by atoms with Gasteiger partial charge in [0.05, 0.1) is 18.1 Å². The minimum Gasteiger partial charge on any atom is -0.493 e. The number of benzene rings is 2. The molecule has 8 heteroatoms. The second-order valence-electron chi connectivity index (χ2n) is 7.45. The van der Waals surface area contributed by atoms with Crippen molar-refractivity contribution in [1.82, 2.24) is 0 Å². The van der Waals surface area contributed by atoms with E-state index in [0.717, 1.165) is 0 Å². The van der Waals surface area contributed by atoms with Gasteiger partial charge in [0.2, 0.25) is 5.88 Å². The van der Waals surface area contributed by atoms with Crippen molar-refractivity contribution in [3.8, 4) is 17.6 Å². The third-order valence-electron chi connectivity index (χ3n) is 5.52. The number of rotatable bonds is 5. The van der Waals surface area contributed by atoms with Gasteiger partial charge in [-0.1, -0.05) is 29.8 Å². The van der Waals surface area contributed by atoms with Crippen LogP contribution >= 0.6 is 11.6 Å². The van der Waals surface area contributed by atoms with Crippen LogP contribution < -0.4 is 15.2 Å². The van der Waals surface area contributed by atoms with Crippen LogP contribution in [0.5, 0.6) is 11.5 Å². The Morgan fingerprint density at radius 2 is 2.09 bits per heavy atom. The number of ether oxygens (including phenoxy) is 3. The number of methoxy groups -OCH3 is 1. The van der Waals surface area contributed by atoms with Gasteiger partial charge in [0.1, 0.15) is 29.8 Å². The monoisotopic (exact) mass is 454 g/mol. The maximum absolute atomic E-state index is 14.0. The van der Waals surface area contributed by atoms with Gasteiger partial charge in [0.25, 0.3) is 0 Å². The third-order valence-corrected chi connectivity index (χ3v) is 5.80. The lowest BCUT2D eigenvalue weighted by molar-refractivity contribution is -0.116. The summed E-state index contributed by atoms with van der Waals surface area (Å²) < 4.78 is 30.8. The van der Waals surface area contributed by atoms with Crippen molar-refractivity contribution in [2.75, 3.05) is 7.11 Å². The van der Waals surface area contributed by atoms with Crippen LogP contribution in [-0.2, 0) is 16.1 Å². The van der Waals surface area contributed by atoms with Gasteiger partial charge in [-0.25, -0.2) is 4.39 Å². The van der Waals surface area contributed by atoms with Gasteiger partial charge in [-0.3, -0.25) is 4.79 Å². The van der Waals surface area contributed by atoms with Crippen LogP contribution in [0.15, 0.2) is 59.2 Å². The molecule has 2 aliphatic rings. The van der Waals surface area contributed by atoms with Gasteiger partial charge in [-0.15, -0.1) is 0 Å². The normalized spacial score (nSPS) is 18.1. The lowest BCUT2D eigenvalue weighted by Gasteiger charge is -2.31. The predicted molar refractivity (Wildman–Crippen MR) is 115 cm³/mol. The molecule has 1 aliphatic carbocycles. The zero-order valence-electron chi connectivity index (χ0n) is 17.3. The predicted octanol–water partition coefficient (Wildman–Crippen LogP) is 4.88. The minimum atomic E-state index is -0.719. The number of allylic oxidation sites excluding steroid dienone is 3. The summed E-state index contributed by atoms with van der Waals surface area (Å²) in [5.74, 6) is -0.228. The summed E-state index contributed by atoms with van der Waals surface area (Å²) in [5.41, 5.74) is 7.47. The number of carbonyl (C=O) groups is 1. The molecule has 6 nitrogen and oxygen atoms in total. The lowest BCUT2D eigenvalue weighted by atomic mass is 9.77. The molecule has 0 spiro atoms. The van der Waals surface area contributed by atoms with Gasteiger partial charge < -0.3 is 19.9 Å². The zero-order chi connectivity index (χ0) is 22.8. The highest BCUT2D eigenvalue weighted by atomic mass is 35.5. The number of Topliss-reactive ketones (excluding diaryl/α,β-unsaturated/α-hetero) is 1. The Morgan fingerprint density at radius 3 is 2.81 bits per heavy atom. The van der Waals surface area contributed by atoms with Gasteiger partial charge in [0.15, 0.2) is 17.3 Å². The summed E-state index contributed by atoms with van der Waals surface area (Å²) in [6, 6.07) is 11.6. The van der Waals surface area contributed by atoms with E-state index < -0.39 is 11.7 Å². The molecular weight excluding hydrogens is 435 g/mol. The quantitative estimate of drug-likeness (QED) is 0.691. The first-order chi connectivity index (χ1) is 15.4. The van der Waals surface area contributed by atoms with E-state index in [2.05, 4.69) is 6.07 Å². The topological polar surface area (TPSA) is 94.6 Å². The molecule has 1 heterocycles. The minimum absolute atomic E-state index is 0.0269. The van der Waals surface area contributed by atoms with E-state index in [1.807, 2.05) is 0 Å². The number of ketones is 1. The van der Waals surface area contributed by atoms with E-state index in [0.29, 0.717) is 41.7 Å². The molecule has 0 aromatic heterocycles. The molecule has 2 N–H and O–H groups in total. The maximum Gasteiger partial charge on any atom is 0.205 e. The number of halogens is 2. The van der Waals surface area contributed by atoms with E-state index in [1.165, 1.54) is 13.2 Å². The van der Waals surface area contributed by atoms with E-state index in [9.17, 15) is 14.4 Å². The van der Waals surface area contributed by atoms with Crippen LogP contribution in [-0.4, -0.2) is 12.9 Å². The van der Waals surface area contributed by atoms with Crippen molar-refractivity contribution in [3.63, 3.8) is 0 Å². The van der Waals surface area contributed by atoms with Crippen molar-refractivity contribution < 1.29 is 23.4 Å². The number of hydrogen-bond acceptors (Lipinski definition) is 6. The second-order valence-corrected chi connectivity index (χ2v) is 7.86. The first-order valence-corrected chi connectivity index (χ1v) is 10.4. The SMILES string of the molecule is COc1cc([C@H]2C(C#N)=C(N)OC3=C2C(=O)CCC3)cc(Cl)c1OCc1ccccc1F. The van der Waals surface area contributed by atoms with Crippen molar-refractivity contribution in [3.05, 3.63) is 81.2 Å². The van der Waals surface area contributed by atoms with E-state index in [-0.39, 0.29) is 40.4 Å². The fraction of sp³-hybridized carbons (Fsp3) is 0.250. The summed E-state index contributed by atoms with van der Waals surface area (Å²) in [6.07, 6.45) is 1.59. The van der Waals surface area contributed by atoms with Gasteiger partial charge >= 0.3 is 0 Å². The summed E-state index contributed by atoms with van der Waals surface area (Å²) in [7, 11) is 1.45. The molecular formula is C24H20ClFN2O4. The first-order valence-electron chi connectivity index (χ1n) is 10.0. The zero-order valence-corrected chi connectivity index (χ0v) is 18.0. The van der Waals surface area contributed by atoms with E-state index >= 15 is 0 Å². The summed E-state index contributed by atoms with van der Waals surface area (Å²) >= 11 is 6.52. The molecule has 164 valence electrons. The molecule has 2 aromatic carbocycles. The van der Waals surface area contributed by atoms with Crippen LogP contribution in [0.3, 0.4) is 0 Å². The fourth-order valence-electron chi connectivity index (χ4n) is 4.00. The second kappa shape index (κ2) is 8.93. The number of nitriles is 1. The van der Waals surface area contributed by atoms with Crippen molar-refractivity contribution >= 4 is 17.4 Å². The summed E-state index contributed by atoms with van der Waals surface area (Å²) in [4.78, 5) is 12.7. The molecule has 0 fully saturated rings. The molecule has 0 radical (unpaired) electrons. The first kappa shape index (κ1) is 21.7. The molecule has 0 unspecified atom stereocenters. The Kier molecular flexibility index (Phi) is 6.06. The Morgan fingerprint density at radius 1 is 1.31 bits per heavy atom. The fourth-order valence-corrected chi connectivity index (χ4v) is 4.28. The number of nitrogens with zero attached hydrogens (tertiary/aromatic N) is 1. The molecule has 4 rings (SSSR count). The van der Waals surface area contributed by atoms with E-state index in [1.54, 1.807) is 30.3 Å². The Bertz CT molecular complexity index is 1200. The van der Waals surface area contributed by atoms with Crippen LogP contribution in [0.1, 0.15) is 36.3 Å². The highest BCUT2D eigenvalue weighted by Crippen LogP contribution is 2.47. The number of hydrogen-bond donors (Lipinski definition) is 1. The van der Waals surface area contributed by atoms with Crippen LogP contribution in [0.25, 0.3) is 0 Å². The standard InChI is InChI=1S/C24H20ClFN2O4/c1-30-20-10-14(9-16(25)23(20)31-12-13-5-2-3-6-17(13)26)21-15(11-27)24(28)32-19-8-4-7-18(29)22(19)21/h2-3,5-6,9-10,21H,4,7-8,12,28H2,1H3/t21-/m0/s1. The summed E-state index contributed by atoms with van der Waals surface area (Å²) in [6.45, 7) is -0.0521. The van der Waals surface area contributed by atoms with Crippen molar-refractivity contribution in [2.45, 2.75) is 31.8 Å². The Balaban J connectivity index is 1.75. The van der Waals surface area contributed by atoms with Gasteiger partial charge in [0, 0.05) is 24.0 Å². The smallest absolute Gasteiger partial charge is 0.205 e.